The molecule has 188 valence electrons. The first-order valence-electron chi connectivity index (χ1n) is 11.3. The summed E-state index contributed by atoms with van der Waals surface area (Å²) in [6.45, 7) is 5.58. The highest BCUT2D eigenvalue weighted by atomic mass is 35.5. The molecule has 35 heavy (non-hydrogen) atoms. The van der Waals surface area contributed by atoms with Crippen molar-refractivity contribution in [2.24, 2.45) is 5.92 Å². The fourth-order valence-corrected chi connectivity index (χ4v) is 3.79. The highest BCUT2D eigenvalue weighted by molar-refractivity contribution is 6.31. The van der Waals surface area contributed by atoms with Crippen molar-refractivity contribution in [3.63, 3.8) is 0 Å². The lowest BCUT2D eigenvalue weighted by Crippen LogP contribution is -2.35. The molecule has 3 rings (SSSR count). The van der Waals surface area contributed by atoms with Gasteiger partial charge in [0.1, 0.15) is 17.3 Å². The molecule has 0 fully saturated rings. The lowest BCUT2D eigenvalue weighted by molar-refractivity contribution is -0.137. The first-order chi connectivity index (χ1) is 16.5. The van der Waals surface area contributed by atoms with Crippen molar-refractivity contribution in [2.45, 2.75) is 46.0 Å². The van der Waals surface area contributed by atoms with Crippen LogP contribution in [0.2, 0.25) is 5.02 Å². The molecule has 0 radical (unpaired) electrons. The van der Waals surface area contributed by atoms with Crippen LogP contribution in [-0.4, -0.2) is 17.8 Å². The van der Waals surface area contributed by atoms with Gasteiger partial charge in [-0.3, -0.25) is 0 Å². The fraction of sp³-hybridized carbons (Fsp3) is 0.333. The standard InChI is InChI=1S/C27H28ClF4NO2/c1-4-18-13-23(9-10-24(18)28)35-22-7-5-6-21(14-22)33(16-26(34)17(2)3)15-19-12-20(27(30,31)32)8-11-25(19)29/h5-14,17,26,34H,4,15-16H2,1-3H3. The summed E-state index contributed by atoms with van der Waals surface area (Å²) < 4.78 is 60.1. The molecular weight excluding hydrogens is 482 g/mol. The largest absolute Gasteiger partial charge is 0.457 e. The molecule has 0 aliphatic heterocycles. The number of aliphatic hydroxyl groups is 1. The van der Waals surface area contributed by atoms with E-state index in [0.29, 0.717) is 22.2 Å². The molecule has 0 saturated carbocycles. The Kier molecular flexibility index (Phi) is 8.67. The first kappa shape index (κ1) is 26.8. The number of ether oxygens (including phenoxy) is 1. The molecule has 0 aliphatic carbocycles. The van der Waals surface area contributed by atoms with E-state index in [1.807, 2.05) is 26.8 Å². The van der Waals surface area contributed by atoms with Gasteiger partial charge in [-0.05, 0) is 66.4 Å². The molecule has 1 atom stereocenters. The predicted octanol–water partition coefficient (Wildman–Crippen LogP) is 7.88. The molecule has 1 N–H and O–H groups in total. The maximum Gasteiger partial charge on any atom is 0.416 e. The maximum atomic E-state index is 14.5. The summed E-state index contributed by atoms with van der Waals surface area (Å²) in [5.41, 5.74) is 0.461. The molecule has 1 unspecified atom stereocenters. The quantitative estimate of drug-likeness (QED) is 0.298. The number of benzene rings is 3. The van der Waals surface area contributed by atoms with Gasteiger partial charge in [0, 0.05) is 35.4 Å². The number of aryl methyl sites for hydroxylation is 1. The van der Waals surface area contributed by atoms with Gasteiger partial charge in [-0.2, -0.15) is 13.2 Å². The number of halogens is 5. The molecule has 0 heterocycles. The summed E-state index contributed by atoms with van der Waals surface area (Å²) in [4.78, 5) is 1.65. The van der Waals surface area contributed by atoms with Crippen LogP contribution in [0.4, 0.5) is 23.2 Å². The Hall–Kier alpha value is -2.77. The van der Waals surface area contributed by atoms with Crippen LogP contribution in [0.5, 0.6) is 11.5 Å². The average Bonchev–Trinajstić information content (AvgIpc) is 2.80. The number of hydrogen-bond donors (Lipinski definition) is 1. The zero-order valence-electron chi connectivity index (χ0n) is 19.7. The number of aliphatic hydroxyl groups excluding tert-OH is 1. The van der Waals surface area contributed by atoms with Gasteiger partial charge in [0.05, 0.1) is 11.7 Å². The third-order valence-corrected chi connectivity index (χ3v) is 6.10. The first-order valence-corrected chi connectivity index (χ1v) is 11.7. The summed E-state index contributed by atoms with van der Waals surface area (Å²) in [7, 11) is 0. The predicted molar refractivity (Wildman–Crippen MR) is 131 cm³/mol. The van der Waals surface area contributed by atoms with Crippen LogP contribution < -0.4 is 9.64 Å². The van der Waals surface area contributed by atoms with Crippen molar-refractivity contribution in [3.8, 4) is 11.5 Å². The number of rotatable bonds is 9. The minimum absolute atomic E-state index is 0.0950. The Morgan fingerprint density at radius 1 is 0.971 bits per heavy atom. The second-order valence-corrected chi connectivity index (χ2v) is 9.11. The fourth-order valence-electron chi connectivity index (χ4n) is 3.54. The SMILES string of the molecule is CCc1cc(Oc2cccc(N(Cc3cc(C(F)(F)F)ccc3F)CC(O)C(C)C)c2)ccc1Cl. The van der Waals surface area contributed by atoms with E-state index in [0.717, 1.165) is 30.2 Å². The molecule has 0 bridgehead atoms. The topological polar surface area (TPSA) is 32.7 Å². The van der Waals surface area contributed by atoms with Gasteiger partial charge in [0.2, 0.25) is 0 Å². The van der Waals surface area contributed by atoms with Crippen molar-refractivity contribution in [3.05, 3.63) is 88.2 Å². The van der Waals surface area contributed by atoms with Crippen molar-refractivity contribution in [1.82, 2.24) is 0 Å². The zero-order valence-corrected chi connectivity index (χ0v) is 20.5. The molecule has 3 aromatic rings. The summed E-state index contributed by atoms with van der Waals surface area (Å²) in [5.74, 6) is 0.217. The molecule has 0 aromatic heterocycles. The van der Waals surface area contributed by atoms with Crippen LogP contribution in [0.25, 0.3) is 0 Å². The minimum atomic E-state index is -4.59. The van der Waals surface area contributed by atoms with Crippen molar-refractivity contribution < 1.29 is 27.4 Å². The Bertz CT molecular complexity index is 1150. The van der Waals surface area contributed by atoms with Gasteiger partial charge in [-0.1, -0.05) is 38.4 Å². The number of nitrogens with zero attached hydrogens (tertiary/aromatic N) is 1. The van der Waals surface area contributed by atoms with Crippen LogP contribution >= 0.6 is 11.6 Å². The molecule has 3 aromatic carbocycles. The van der Waals surface area contributed by atoms with E-state index in [1.165, 1.54) is 0 Å². The Balaban J connectivity index is 1.93. The van der Waals surface area contributed by atoms with Crippen LogP contribution in [-0.2, 0) is 19.1 Å². The third kappa shape index (κ3) is 7.12. The van der Waals surface area contributed by atoms with Crippen LogP contribution in [0.15, 0.2) is 60.7 Å². The lowest BCUT2D eigenvalue weighted by Gasteiger charge is -2.29. The van der Waals surface area contributed by atoms with E-state index in [4.69, 9.17) is 16.3 Å². The molecule has 0 spiro atoms. The summed E-state index contributed by atoms with van der Waals surface area (Å²) in [5, 5.41) is 11.2. The maximum absolute atomic E-state index is 14.5. The van der Waals surface area contributed by atoms with Gasteiger partial charge in [-0.25, -0.2) is 4.39 Å². The molecule has 0 aliphatic rings. The van der Waals surface area contributed by atoms with Crippen molar-refractivity contribution in [2.75, 3.05) is 11.4 Å². The Morgan fingerprint density at radius 2 is 1.69 bits per heavy atom. The summed E-state index contributed by atoms with van der Waals surface area (Å²) in [6.07, 6.45) is -4.63. The van der Waals surface area contributed by atoms with Gasteiger partial charge < -0.3 is 14.7 Å². The van der Waals surface area contributed by atoms with Gasteiger partial charge in [0.25, 0.3) is 0 Å². The van der Waals surface area contributed by atoms with E-state index < -0.39 is 23.7 Å². The molecular formula is C27H28ClF4NO2. The second kappa shape index (κ2) is 11.3. The lowest BCUT2D eigenvalue weighted by atomic mass is 10.0. The molecule has 3 nitrogen and oxygen atoms in total. The van der Waals surface area contributed by atoms with Gasteiger partial charge >= 0.3 is 6.18 Å². The van der Waals surface area contributed by atoms with Crippen LogP contribution in [0, 0.1) is 11.7 Å². The van der Waals surface area contributed by atoms with E-state index in [9.17, 15) is 22.7 Å². The van der Waals surface area contributed by atoms with Crippen LogP contribution in [0.3, 0.4) is 0 Å². The molecule has 0 amide bonds. The highest BCUT2D eigenvalue weighted by Crippen LogP contribution is 2.33. The third-order valence-electron chi connectivity index (χ3n) is 5.73. The number of anilines is 1. The van der Waals surface area contributed by atoms with Crippen LogP contribution in [0.1, 0.15) is 37.5 Å². The van der Waals surface area contributed by atoms with E-state index in [-0.39, 0.29) is 24.6 Å². The summed E-state index contributed by atoms with van der Waals surface area (Å²) >= 11 is 6.18. The monoisotopic (exact) mass is 509 g/mol. The van der Waals surface area contributed by atoms with E-state index in [2.05, 4.69) is 0 Å². The number of hydrogen-bond acceptors (Lipinski definition) is 3. The van der Waals surface area contributed by atoms with Gasteiger partial charge in [0.15, 0.2) is 0 Å². The van der Waals surface area contributed by atoms with E-state index in [1.54, 1.807) is 41.3 Å². The average molecular weight is 510 g/mol. The molecule has 0 saturated heterocycles. The highest BCUT2D eigenvalue weighted by Gasteiger charge is 2.31. The minimum Gasteiger partial charge on any atom is -0.457 e. The normalized spacial score (nSPS) is 12.6. The molecule has 8 heteroatoms. The van der Waals surface area contributed by atoms with Gasteiger partial charge in [-0.15, -0.1) is 0 Å². The van der Waals surface area contributed by atoms with Crippen molar-refractivity contribution >= 4 is 17.3 Å². The smallest absolute Gasteiger partial charge is 0.416 e. The Labute approximate surface area is 207 Å². The zero-order chi connectivity index (χ0) is 25.8. The van der Waals surface area contributed by atoms with Crippen molar-refractivity contribution in [1.29, 1.82) is 0 Å². The number of alkyl halides is 3. The Morgan fingerprint density at radius 3 is 2.34 bits per heavy atom. The van der Waals surface area contributed by atoms with E-state index >= 15 is 0 Å². The second-order valence-electron chi connectivity index (χ2n) is 8.70. The summed E-state index contributed by atoms with van der Waals surface area (Å²) in [6, 6.07) is 14.6.